The fraction of sp³-hybridized carbons (Fsp3) is 0.0625. The van der Waals surface area contributed by atoms with E-state index in [-0.39, 0.29) is 40.3 Å². The Balaban J connectivity index is 0.000000153. The molecule has 1 heterocycles. The van der Waals surface area contributed by atoms with Crippen molar-refractivity contribution < 1.29 is 35.4 Å². The molecule has 6 rings (SSSR count). The Kier molecular flexibility index (Phi) is 10.3. The van der Waals surface area contributed by atoms with Gasteiger partial charge in [-0.2, -0.15) is 0 Å². The number of benzene rings is 5. The van der Waals surface area contributed by atoms with E-state index in [2.05, 4.69) is 4.99 Å². The lowest BCUT2D eigenvalue weighted by Crippen LogP contribution is -2.28. The number of carbonyl (C=O) groups is 1. The first kappa shape index (κ1) is 30.0. The Hall–Kier alpha value is -5.54. The van der Waals surface area contributed by atoms with Gasteiger partial charge in [0.15, 0.2) is 11.9 Å². The van der Waals surface area contributed by atoms with Crippen LogP contribution in [0.4, 0.5) is 0 Å². The molecule has 9 nitrogen and oxygen atoms in total. The molecule has 1 aliphatic heterocycles. The number of phenols is 6. The zero-order chi connectivity index (χ0) is 29.9. The van der Waals surface area contributed by atoms with Crippen LogP contribution in [0.25, 0.3) is 21.5 Å². The van der Waals surface area contributed by atoms with Crippen molar-refractivity contribution in [1.82, 2.24) is 0 Å². The Bertz CT molecular complexity index is 1650. The number of rotatable bonds is 0. The SMILES string of the molecule is Cc1c(O)cccc1O.NC1N=CC=CC1=O.Oc1cc(O)c2ccccc2c1.Oc1cccc2c(O)cccc12. The minimum Gasteiger partial charge on any atom is -0.508 e. The van der Waals surface area contributed by atoms with Crippen molar-refractivity contribution in [1.29, 1.82) is 0 Å². The van der Waals surface area contributed by atoms with Crippen LogP contribution in [0.15, 0.2) is 108 Å². The second-order valence-electron chi connectivity index (χ2n) is 8.76. The molecule has 0 fully saturated rings. The number of allylic oxidation sites excluding steroid dienone is 1. The lowest BCUT2D eigenvalue weighted by Gasteiger charge is -2.01. The number of hydrogen-bond donors (Lipinski definition) is 7. The summed E-state index contributed by atoms with van der Waals surface area (Å²) in [7, 11) is 0. The average molecular weight is 555 g/mol. The molecule has 210 valence electrons. The summed E-state index contributed by atoms with van der Waals surface area (Å²) in [5, 5.41) is 58.2. The summed E-state index contributed by atoms with van der Waals surface area (Å²) >= 11 is 0. The van der Waals surface area contributed by atoms with Gasteiger partial charge >= 0.3 is 0 Å². The van der Waals surface area contributed by atoms with E-state index in [9.17, 15) is 20.1 Å². The molecular weight excluding hydrogens is 524 g/mol. The normalized spacial score (nSPS) is 13.3. The number of aliphatic imine (C=N–C) groups is 1. The van der Waals surface area contributed by atoms with Gasteiger partial charge in [-0.1, -0.05) is 54.6 Å². The van der Waals surface area contributed by atoms with E-state index in [0.717, 1.165) is 10.8 Å². The zero-order valence-corrected chi connectivity index (χ0v) is 22.1. The van der Waals surface area contributed by atoms with E-state index < -0.39 is 6.17 Å². The van der Waals surface area contributed by atoms with E-state index in [1.54, 1.807) is 61.5 Å². The average Bonchev–Trinajstić information content (AvgIpc) is 2.95. The Morgan fingerprint density at radius 1 is 0.634 bits per heavy atom. The van der Waals surface area contributed by atoms with E-state index in [1.807, 2.05) is 24.3 Å². The van der Waals surface area contributed by atoms with E-state index >= 15 is 0 Å². The third-order valence-corrected chi connectivity index (χ3v) is 5.86. The van der Waals surface area contributed by atoms with Gasteiger partial charge in [-0.05, 0) is 54.8 Å². The van der Waals surface area contributed by atoms with Crippen molar-refractivity contribution in [3.8, 4) is 34.5 Å². The van der Waals surface area contributed by atoms with Gasteiger partial charge in [-0.3, -0.25) is 9.79 Å². The summed E-state index contributed by atoms with van der Waals surface area (Å²) in [6.45, 7) is 1.66. The van der Waals surface area contributed by atoms with Crippen LogP contribution in [0.1, 0.15) is 5.56 Å². The zero-order valence-electron chi connectivity index (χ0n) is 22.1. The molecule has 0 spiro atoms. The second kappa shape index (κ2) is 14.0. The summed E-state index contributed by atoms with van der Waals surface area (Å²) < 4.78 is 0. The quantitative estimate of drug-likeness (QED) is 0.133. The maximum absolute atomic E-state index is 10.5. The first-order chi connectivity index (χ1) is 19.6. The number of hydrogen-bond acceptors (Lipinski definition) is 9. The lowest BCUT2D eigenvalue weighted by molar-refractivity contribution is -0.115. The van der Waals surface area contributed by atoms with Gasteiger partial charge < -0.3 is 36.4 Å². The number of aromatic hydroxyl groups is 6. The van der Waals surface area contributed by atoms with Crippen molar-refractivity contribution in [2.45, 2.75) is 13.1 Å². The second-order valence-corrected chi connectivity index (χ2v) is 8.76. The van der Waals surface area contributed by atoms with Crippen LogP contribution in [-0.4, -0.2) is 48.8 Å². The van der Waals surface area contributed by atoms with Crippen LogP contribution < -0.4 is 5.73 Å². The predicted molar refractivity (Wildman–Crippen MR) is 160 cm³/mol. The van der Waals surface area contributed by atoms with Gasteiger partial charge in [0.05, 0.1) is 0 Å². The molecule has 0 aromatic heterocycles. The molecule has 1 aliphatic rings. The van der Waals surface area contributed by atoms with Crippen molar-refractivity contribution in [3.05, 3.63) is 109 Å². The highest BCUT2D eigenvalue weighted by molar-refractivity contribution is 6.00. The van der Waals surface area contributed by atoms with Crippen molar-refractivity contribution in [2.75, 3.05) is 0 Å². The van der Waals surface area contributed by atoms with Crippen LogP contribution in [-0.2, 0) is 4.79 Å². The molecule has 41 heavy (non-hydrogen) atoms. The molecule has 0 aliphatic carbocycles. The smallest absolute Gasteiger partial charge is 0.194 e. The van der Waals surface area contributed by atoms with E-state index in [4.69, 9.17) is 21.1 Å². The predicted octanol–water partition coefficient (Wildman–Crippen LogP) is 5.39. The molecule has 0 saturated carbocycles. The minimum absolute atomic E-state index is 0.0891. The number of dihydropyridines is 1. The summed E-state index contributed by atoms with van der Waals surface area (Å²) in [6.07, 6.45) is 3.86. The Labute approximate surface area is 236 Å². The molecule has 0 bridgehead atoms. The van der Waals surface area contributed by atoms with Crippen molar-refractivity contribution in [2.24, 2.45) is 10.7 Å². The van der Waals surface area contributed by atoms with Crippen molar-refractivity contribution >= 4 is 33.5 Å². The number of carbonyl (C=O) groups excluding carboxylic acids is 1. The molecule has 0 radical (unpaired) electrons. The van der Waals surface area contributed by atoms with Gasteiger partial charge in [0, 0.05) is 34.0 Å². The maximum atomic E-state index is 10.5. The molecule has 8 N–H and O–H groups in total. The summed E-state index contributed by atoms with van der Waals surface area (Å²) in [5.41, 5.74) is 5.70. The summed E-state index contributed by atoms with van der Waals surface area (Å²) in [4.78, 5) is 14.1. The largest absolute Gasteiger partial charge is 0.508 e. The molecule has 9 heteroatoms. The van der Waals surface area contributed by atoms with Crippen molar-refractivity contribution in [3.63, 3.8) is 0 Å². The van der Waals surface area contributed by atoms with Crippen LogP contribution in [0.2, 0.25) is 0 Å². The van der Waals surface area contributed by atoms with E-state index in [0.29, 0.717) is 16.3 Å². The van der Waals surface area contributed by atoms with E-state index in [1.165, 1.54) is 30.5 Å². The Morgan fingerprint density at radius 3 is 1.66 bits per heavy atom. The van der Waals surface area contributed by atoms with Crippen LogP contribution in [0, 0.1) is 6.92 Å². The molecule has 5 aromatic carbocycles. The molecule has 1 atom stereocenters. The van der Waals surface area contributed by atoms with Crippen LogP contribution in [0.5, 0.6) is 34.5 Å². The summed E-state index contributed by atoms with van der Waals surface area (Å²) in [6, 6.07) is 25.1. The fourth-order valence-electron chi connectivity index (χ4n) is 3.62. The fourth-order valence-corrected chi connectivity index (χ4v) is 3.62. The minimum atomic E-state index is -0.653. The van der Waals surface area contributed by atoms with Gasteiger partial charge in [-0.15, -0.1) is 0 Å². The monoisotopic (exact) mass is 554 g/mol. The first-order valence-corrected chi connectivity index (χ1v) is 12.4. The van der Waals surface area contributed by atoms with Crippen LogP contribution >= 0.6 is 0 Å². The highest BCUT2D eigenvalue weighted by Crippen LogP contribution is 2.30. The number of nitrogens with two attached hydrogens (primary N) is 1. The topological polar surface area (TPSA) is 177 Å². The van der Waals surface area contributed by atoms with Gasteiger partial charge in [-0.25, -0.2) is 0 Å². The van der Waals surface area contributed by atoms with Gasteiger partial charge in [0.1, 0.15) is 34.5 Å². The number of fused-ring (bicyclic) bond motifs is 2. The lowest BCUT2D eigenvalue weighted by atomic mass is 10.1. The molecule has 1 unspecified atom stereocenters. The van der Waals surface area contributed by atoms with Crippen LogP contribution in [0.3, 0.4) is 0 Å². The Morgan fingerprint density at radius 2 is 1.15 bits per heavy atom. The number of phenolic OH excluding ortho intramolecular Hbond substituents is 6. The first-order valence-electron chi connectivity index (χ1n) is 12.4. The molecular formula is C32H30N2O7. The highest BCUT2D eigenvalue weighted by atomic mass is 16.3. The van der Waals surface area contributed by atoms with Gasteiger partial charge in [0.25, 0.3) is 0 Å². The number of ketones is 1. The summed E-state index contributed by atoms with van der Waals surface area (Å²) in [5.74, 6) is 0.737. The maximum Gasteiger partial charge on any atom is 0.194 e. The third kappa shape index (κ3) is 8.22. The molecule has 0 saturated heterocycles. The molecule has 5 aromatic rings. The standard InChI is InChI=1S/2C10H8O2.C7H8O2.C5H6N2O/c11-9-5-1-3-7-8(9)4-2-6-10(7)12;11-8-5-7-3-1-2-4-9(7)10(12)6-8;1-5-6(8)3-2-4-7(5)9;6-5-4(8)2-1-3-7-5/h2*1-6,11-12H;2-4,8-9H,1H3;1-3,5H,6H2. The molecule has 0 amide bonds. The third-order valence-electron chi connectivity index (χ3n) is 5.86. The van der Waals surface area contributed by atoms with Gasteiger partial charge in [0.2, 0.25) is 0 Å². The highest BCUT2D eigenvalue weighted by Gasteiger charge is 2.08. The number of nitrogens with zero attached hydrogens (tertiary/aromatic N) is 1.